The van der Waals surface area contributed by atoms with Gasteiger partial charge in [-0.05, 0) is 57.9 Å². The number of fused-ring (bicyclic) bond motifs is 1. The van der Waals surface area contributed by atoms with Gasteiger partial charge in [-0.2, -0.15) is 4.31 Å². The number of aryl methyl sites for hydroxylation is 1. The Bertz CT molecular complexity index is 1070. The van der Waals surface area contributed by atoms with Crippen molar-refractivity contribution in [2.24, 2.45) is 0 Å². The normalized spacial score (nSPS) is 21.0. The summed E-state index contributed by atoms with van der Waals surface area (Å²) >= 11 is 0. The highest BCUT2D eigenvalue weighted by Gasteiger charge is 2.35. The van der Waals surface area contributed by atoms with Gasteiger partial charge in [-0.25, -0.2) is 8.42 Å². The molecule has 2 aromatic rings. The zero-order valence-corrected chi connectivity index (χ0v) is 18.5. The maximum absolute atomic E-state index is 13.1. The van der Waals surface area contributed by atoms with E-state index in [4.69, 9.17) is 4.74 Å². The number of ether oxygens (including phenoxy) is 1. The molecule has 1 fully saturated rings. The number of nitrogens with one attached hydrogen (secondary N) is 1. The van der Waals surface area contributed by atoms with Gasteiger partial charge in [0.1, 0.15) is 11.4 Å². The van der Waals surface area contributed by atoms with Crippen LogP contribution in [0.3, 0.4) is 0 Å². The second-order valence-corrected chi connectivity index (χ2v) is 10.7. The van der Waals surface area contributed by atoms with Crippen molar-refractivity contribution in [1.82, 2.24) is 9.62 Å². The molecule has 0 aliphatic carbocycles. The molecular formula is C23H28N2O4S. The number of rotatable bonds is 4. The number of sulfonamides is 1. The Morgan fingerprint density at radius 1 is 1.13 bits per heavy atom. The summed E-state index contributed by atoms with van der Waals surface area (Å²) in [5.74, 6) is 0.483. The second-order valence-electron chi connectivity index (χ2n) is 8.77. The van der Waals surface area contributed by atoms with Crippen molar-refractivity contribution in [2.75, 3.05) is 13.1 Å². The van der Waals surface area contributed by atoms with Crippen LogP contribution in [0.2, 0.25) is 0 Å². The summed E-state index contributed by atoms with van der Waals surface area (Å²) in [7, 11) is -3.57. The summed E-state index contributed by atoms with van der Waals surface area (Å²) in [6.07, 6.45) is 2.37. The molecule has 30 heavy (non-hydrogen) atoms. The molecule has 0 unspecified atom stereocenters. The predicted octanol–water partition coefficient (Wildman–Crippen LogP) is 3.81. The zero-order valence-electron chi connectivity index (χ0n) is 17.6. The van der Waals surface area contributed by atoms with Gasteiger partial charge in [-0.1, -0.05) is 23.8 Å². The summed E-state index contributed by atoms with van der Waals surface area (Å²) in [5, 5.41) is 3.10. The van der Waals surface area contributed by atoms with E-state index in [9.17, 15) is 13.2 Å². The minimum absolute atomic E-state index is 0.167. The molecule has 0 radical (unpaired) electrons. The number of nitrogens with zero attached hydrogens (tertiary/aromatic N) is 1. The van der Waals surface area contributed by atoms with E-state index in [1.165, 1.54) is 10.4 Å². The van der Waals surface area contributed by atoms with Crippen LogP contribution in [0.5, 0.6) is 5.75 Å². The average molecular weight is 429 g/mol. The van der Waals surface area contributed by atoms with Crippen molar-refractivity contribution in [3.63, 3.8) is 0 Å². The van der Waals surface area contributed by atoms with Gasteiger partial charge in [0.2, 0.25) is 10.0 Å². The van der Waals surface area contributed by atoms with Gasteiger partial charge in [-0.15, -0.1) is 0 Å². The number of hydrogen-bond donors (Lipinski definition) is 1. The minimum Gasteiger partial charge on any atom is -0.487 e. The van der Waals surface area contributed by atoms with E-state index in [-0.39, 0.29) is 16.8 Å². The minimum atomic E-state index is -3.57. The van der Waals surface area contributed by atoms with Gasteiger partial charge >= 0.3 is 0 Å². The van der Waals surface area contributed by atoms with Gasteiger partial charge < -0.3 is 10.1 Å². The van der Waals surface area contributed by atoms with Crippen LogP contribution in [0.15, 0.2) is 47.4 Å². The first-order valence-electron chi connectivity index (χ1n) is 10.4. The Morgan fingerprint density at radius 2 is 1.87 bits per heavy atom. The molecule has 1 amide bonds. The molecule has 160 valence electrons. The zero-order chi connectivity index (χ0) is 21.5. The van der Waals surface area contributed by atoms with E-state index < -0.39 is 15.6 Å². The van der Waals surface area contributed by atoms with Crippen molar-refractivity contribution >= 4 is 15.9 Å². The monoisotopic (exact) mass is 428 g/mol. The highest BCUT2D eigenvalue weighted by atomic mass is 32.2. The average Bonchev–Trinajstić information content (AvgIpc) is 3.24. The van der Waals surface area contributed by atoms with E-state index in [1.54, 1.807) is 18.2 Å². The quantitative estimate of drug-likeness (QED) is 0.803. The molecule has 2 aromatic carbocycles. The highest BCUT2D eigenvalue weighted by Crippen LogP contribution is 2.40. The Labute approximate surface area is 178 Å². The molecule has 2 heterocycles. The maximum Gasteiger partial charge on any atom is 0.251 e. The van der Waals surface area contributed by atoms with E-state index in [2.05, 4.69) is 5.32 Å². The van der Waals surface area contributed by atoms with E-state index >= 15 is 0 Å². The third-order valence-electron chi connectivity index (χ3n) is 5.73. The van der Waals surface area contributed by atoms with E-state index in [0.717, 1.165) is 29.7 Å². The third-order valence-corrected chi connectivity index (χ3v) is 7.62. The van der Waals surface area contributed by atoms with E-state index in [1.807, 2.05) is 39.0 Å². The predicted molar refractivity (Wildman–Crippen MR) is 115 cm³/mol. The number of benzene rings is 2. The Balaban J connectivity index is 1.60. The van der Waals surface area contributed by atoms with Crippen LogP contribution >= 0.6 is 0 Å². The molecule has 1 saturated heterocycles. The molecule has 2 aliphatic heterocycles. The van der Waals surface area contributed by atoms with Crippen molar-refractivity contribution in [3.05, 3.63) is 59.2 Å². The molecule has 2 aliphatic rings. The summed E-state index contributed by atoms with van der Waals surface area (Å²) in [6.45, 7) is 7.07. The third kappa shape index (κ3) is 4.09. The molecule has 1 N–H and O–H groups in total. The summed E-state index contributed by atoms with van der Waals surface area (Å²) in [6, 6.07) is 12.1. The van der Waals surface area contributed by atoms with Gasteiger partial charge in [-0.3, -0.25) is 4.79 Å². The van der Waals surface area contributed by atoms with Crippen molar-refractivity contribution in [1.29, 1.82) is 0 Å². The fourth-order valence-electron chi connectivity index (χ4n) is 4.22. The van der Waals surface area contributed by atoms with Crippen LogP contribution in [0.25, 0.3) is 0 Å². The van der Waals surface area contributed by atoms with Crippen molar-refractivity contribution in [3.8, 4) is 5.75 Å². The van der Waals surface area contributed by atoms with Crippen LogP contribution in [0, 0.1) is 6.92 Å². The molecule has 6 nitrogen and oxygen atoms in total. The molecule has 1 atom stereocenters. The fraction of sp³-hybridized carbons (Fsp3) is 0.435. The SMILES string of the molecule is Cc1ccc2c(c1)[C@H](NC(=O)c1cccc(S(=O)(=O)N3CCCC3)c1)CC(C)(C)O2. The second kappa shape index (κ2) is 7.71. The lowest BCUT2D eigenvalue weighted by Gasteiger charge is -2.38. The van der Waals surface area contributed by atoms with Gasteiger partial charge in [0.15, 0.2) is 0 Å². The number of carbonyl (C=O) groups excluding carboxylic acids is 1. The van der Waals surface area contributed by atoms with Crippen LogP contribution in [0.1, 0.15) is 60.6 Å². The highest BCUT2D eigenvalue weighted by molar-refractivity contribution is 7.89. The first kappa shape index (κ1) is 20.9. The molecular weight excluding hydrogens is 400 g/mol. The lowest BCUT2D eigenvalue weighted by molar-refractivity contribution is 0.0619. The fourth-order valence-corrected chi connectivity index (χ4v) is 5.78. The van der Waals surface area contributed by atoms with Crippen LogP contribution in [-0.4, -0.2) is 37.3 Å². The Kier molecular flexibility index (Phi) is 5.36. The lowest BCUT2D eigenvalue weighted by Crippen LogP contribution is -2.41. The molecule has 0 aromatic heterocycles. The van der Waals surface area contributed by atoms with Crippen LogP contribution in [0.4, 0.5) is 0 Å². The largest absolute Gasteiger partial charge is 0.487 e. The summed E-state index contributed by atoms with van der Waals surface area (Å²) in [5.41, 5.74) is 1.97. The Hall–Kier alpha value is -2.38. The number of amides is 1. The van der Waals surface area contributed by atoms with Gasteiger partial charge in [0, 0.05) is 30.6 Å². The van der Waals surface area contributed by atoms with E-state index in [0.29, 0.717) is 25.1 Å². The first-order chi connectivity index (χ1) is 14.2. The molecule has 0 spiro atoms. The van der Waals surface area contributed by atoms with Gasteiger partial charge in [0.05, 0.1) is 10.9 Å². The number of hydrogen-bond acceptors (Lipinski definition) is 4. The van der Waals surface area contributed by atoms with Crippen LogP contribution in [-0.2, 0) is 10.0 Å². The van der Waals surface area contributed by atoms with Crippen molar-refractivity contribution < 1.29 is 17.9 Å². The molecule has 4 rings (SSSR count). The maximum atomic E-state index is 13.1. The molecule has 0 bridgehead atoms. The first-order valence-corrected chi connectivity index (χ1v) is 11.8. The lowest BCUT2D eigenvalue weighted by atomic mass is 9.88. The summed E-state index contributed by atoms with van der Waals surface area (Å²) < 4.78 is 33.3. The van der Waals surface area contributed by atoms with Crippen LogP contribution < -0.4 is 10.1 Å². The number of carbonyl (C=O) groups is 1. The van der Waals surface area contributed by atoms with Gasteiger partial charge in [0.25, 0.3) is 5.91 Å². The summed E-state index contributed by atoms with van der Waals surface area (Å²) in [4.78, 5) is 13.2. The van der Waals surface area contributed by atoms with Crippen molar-refractivity contribution in [2.45, 2.75) is 56.6 Å². The standard InChI is InChI=1S/C23H28N2O4S/c1-16-9-10-21-19(13-16)20(15-23(2,3)29-21)24-22(26)17-7-6-8-18(14-17)30(27,28)25-11-4-5-12-25/h6-10,13-14,20H,4-5,11-12,15H2,1-3H3,(H,24,26)/t20-/m1/s1. The Morgan fingerprint density at radius 3 is 2.60 bits per heavy atom. The molecule has 7 heteroatoms. The topological polar surface area (TPSA) is 75.7 Å². The molecule has 0 saturated carbocycles. The smallest absolute Gasteiger partial charge is 0.251 e.